The van der Waals surface area contributed by atoms with Crippen molar-refractivity contribution in [3.63, 3.8) is 0 Å². The van der Waals surface area contributed by atoms with Gasteiger partial charge in [0.1, 0.15) is 0 Å². The van der Waals surface area contributed by atoms with Gasteiger partial charge in [-0.05, 0) is 6.42 Å². The maximum absolute atomic E-state index is 4.86. The van der Waals surface area contributed by atoms with Crippen molar-refractivity contribution in [3.8, 4) is 0 Å². The zero-order valence-electron chi connectivity index (χ0n) is 4.18. The summed E-state index contributed by atoms with van der Waals surface area (Å²) < 4.78 is 0. The van der Waals surface area contributed by atoms with Crippen LogP contribution in [0.15, 0.2) is 12.2 Å². The molecule has 7 heavy (non-hydrogen) atoms. The van der Waals surface area contributed by atoms with E-state index in [0.29, 0.717) is 6.61 Å². The maximum atomic E-state index is 4.86. The summed E-state index contributed by atoms with van der Waals surface area (Å²) in [6.07, 6.45) is 5.21. The molecule has 0 spiro atoms. The van der Waals surface area contributed by atoms with Crippen molar-refractivity contribution in [2.75, 3.05) is 13.2 Å². The molecule has 0 radical (unpaired) electrons. The average Bonchev–Trinajstić information content (AvgIpc) is 1.90. The molecule has 0 aromatic heterocycles. The molecule has 0 saturated heterocycles. The third-order valence-corrected chi connectivity index (χ3v) is 0.861. The predicted molar refractivity (Wildman–Crippen MR) is 27.7 cm³/mol. The summed E-state index contributed by atoms with van der Waals surface area (Å²) in [6.45, 7) is 1.65. The Labute approximate surface area is 43.1 Å². The fourth-order valence-corrected chi connectivity index (χ4v) is 0.507. The molecule has 0 aromatic rings. The van der Waals surface area contributed by atoms with Gasteiger partial charge in [0.25, 0.3) is 0 Å². The molecule has 0 saturated carbocycles. The van der Waals surface area contributed by atoms with Crippen molar-refractivity contribution in [1.29, 1.82) is 0 Å². The van der Waals surface area contributed by atoms with Crippen LogP contribution in [0.5, 0.6) is 0 Å². The lowest BCUT2D eigenvalue weighted by atomic mass is 10.4. The van der Waals surface area contributed by atoms with E-state index in [-0.39, 0.29) is 0 Å². The van der Waals surface area contributed by atoms with Gasteiger partial charge in [0.05, 0.1) is 6.61 Å². The highest BCUT2D eigenvalue weighted by molar-refractivity contribution is 4.82. The molecule has 0 atom stereocenters. The van der Waals surface area contributed by atoms with Crippen LogP contribution < -0.4 is 5.48 Å². The molecule has 1 aliphatic rings. The SMILES string of the molecule is C1=CCONCC1. The highest BCUT2D eigenvalue weighted by Crippen LogP contribution is 1.85. The third kappa shape index (κ3) is 1.71. The minimum atomic E-state index is 0.708. The van der Waals surface area contributed by atoms with Gasteiger partial charge in [0, 0.05) is 6.54 Å². The van der Waals surface area contributed by atoms with E-state index in [2.05, 4.69) is 11.6 Å². The highest BCUT2D eigenvalue weighted by atomic mass is 16.6. The number of hydroxylamine groups is 1. The molecule has 1 rings (SSSR count). The van der Waals surface area contributed by atoms with Gasteiger partial charge >= 0.3 is 0 Å². The molecule has 0 unspecified atom stereocenters. The van der Waals surface area contributed by atoms with Gasteiger partial charge in [-0.3, -0.25) is 4.84 Å². The molecular weight excluding hydrogens is 90.1 g/mol. The second-order valence-electron chi connectivity index (χ2n) is 1.47. The second kappa shape index (κ2) is 2.77. The monoisotopic (exact) mass is 99.1 g/mol. The Balaban J connectivity index is 2.20. The molecule has 0 aromatic carbocycles. The predicted octanol–water partition coefficient (Wildman–Crippen LogP) is 0.467. The molecule has 1 heterocycles. The lowest BCUT2D eigenvalue weighted by Crippen LogP contribution is -2.12. The standard InChI is InChI=1S/C5H9NO/c1-2-4-6-7-5-3-1/h1,3,6H,2,4-5H2. The molecule has 40 valence electrons. The fourth-order valence-electron chi connectivity index (χ4n) is 0.507. The van der Waals surface area contributed by atoms with Crippen LogP contribution in [0, 0.1) is 0 Å². The lowest BCUT2D eigenvalue weighted by molar-refractivity contribution is 0.0678. The van der Waals surface area contributed by atoms with E-state index in [9.17, 15) is 0 Å². The number of hydrogen-bond acceptors (Lipinski definition) is 2. The first-order valence-corrected chi connectivity index (χ1v) is 2.50. The first kappa shape index (κ1) is 4.81. The molecule has 2 heteroatoms. The quantitative estimate of drug-likeness (QED) is 0.446. The van der Waals surface area contributed by atoms with Crippen LogP contribution in [-0.4, -0.2) is 13.2 Å². The van der Waals surface area contributed by atoms with E-state index in [0.717, 1.165) is 13.0 Å². The van der Waals surface area contributed by atoms with E-state index in [1.165, 1.54) is 0 Å². The summed E-state index contributed by atoms with van der Waals surface area (Å²) in [6, 6.07) is 0. The smallest absolute Gasteiger partial charge is 0.0863 e. The van der Waals surface area contributed by atoms with Crippen molar-refractivity contribution < 1.29 is 4.84 Å². The van der Waals surface area contributed by atoms with Crippen molar-refractivity contribution in [2.24, 2.45) is 0 Å². The normalized spacial score (nSPS) is 21.7. The van der Waals surface area contributed by atoms with Crippen LogP contribution in [-0.2, 0) is 4.84 Å². The Kier molecular flexibility index (Phi) is 1.90. The molecule has 0 fully saturated rings. The highest BCUT2D eigenvalue weighted by Gasteiger charge is 1.86. The summed E-state index contributed by atoms with van der Waals surface area (Å²) in [7, 11) is 0. The Morgan fingerprint density at radius 3 is 3.43 bits per heavy atom. The summed E-state index contributed by atoms with van der Waals surface area (Å²) in [5.41, 5.74) is 2.78. The summed E-state index contributed by atoms with van der Waals surface area (Å²) >= 11 is 0. The summed E-state index contributed by atoms with van der Waals surface area (Å²) in [5.74, 6) is 0. The van der Waals surface area contributed by atoms with E-state index < -0.39 is 0 Å². The average molecular weight is 99.1 g/mol. The van der Waals surface area contributed by atoms with E-state index in [4.69, 9.17) is 4.84 Å². The molecule has 1 aliphatic heterocycles. The van der Waals surface area contributed by atoms with Crippen LogP contribution in [0.1, 0.15) is 6.42 Å². The second-order valence-corrected chi connectivity index (χ2v) is 1.47. The van der Waals surface area contributed by atoms with Crippen molar-refractivity contribution >= 4 is 0 Å². The van der Waals surface area contributed by atoms with E-state index in [1.807, 2.05) is 6.08 Å². The maximum Gasteiger partial charge on any atom is 0.0863 e. The first-order valence-electron chi connectivity index (χ1n) is 2.50. The minimum Gasteiger partial charge on any atom is -0.298 e. The van der Waals surface area contributed by atoms with Gasteiger partial charge < -0.3 is 0 Å². The molecule has 2 nitrogen and oxygen atoms in total. The molecule has 1 N–H and O–H groups in total. The van der Waals surface area contributed by atoms with Crippen LogP contribution >= 0.6 is 0 Å². The van der Waals surface area contributed by atoms with Crippen LogP contribution in [0.2, 0.25) is 0 Å². The Bertz CT molecular complexity index is 62.5. The Morgan fingerprint density at radius 2 is 2.43 bits per heavy atom. The Morgan fingerprint density at radius 1 is 1.43 bits per heavy atom. The van der Waals surface area contributed by atoms with Gasteiger partial charge in [-0.25, -0.2) is 5.48 Å². The summed E-state index contributed by atoms with van der Waals surface area (Å²) in [5, 5.41) is 0. The van der Waals surface area contributed by atoms with Gasteiger partial charge in [-0.1, -0.05) is 12.2 Å². The van der Waals surface area contributed by atoms with E-state index >= 15 is 0 Å². The van der Waals surface area contributed by atoms with Crippen molar-refractivity contribution in [3.05, 3.63) is 12.2 Å². The topological polar surface area (TPSA) is 21.3 Å². The Hall–Kier alpha value is -0.340. The van der Waals surface area contributed by atoms with Crippen LogP contribution in [0.4, 0.5) is 0 Å². The van der Waals surface area contributed by atoms with Gasteiger partial charge in [0.15, 0.2) is 0 Å². The van der Waals surface area contributed by atoms with Crippen molar-refractivity contribution in [1.82, 2.24) is 5.48 Å². The van der Waals surface area contributed by atoms with Crippen LogP contribution in [0.25, 0.3) is 0 Å². The number of nitrogens with one attached hydrogen (secondary N) is 1. The molecule has 0 amide bonds. The van der Waals surface area contributed by atoms with Gasteiger partial charge in [-0.2, -0.15) is 0 Å². The van der Waals surface area contributed by atoms with E-state index in [1.54, 1.807) is 0 Å². The molecule has 0 aliphatic carbocycles. The number of rotatable bonds is 0. The van der Waals surface area contributed by atoms with Crippen molar-refractivity contribution in [2.45, 2.75) is 6.42 Å². The zero-order chi connectivity index (χ0) is 4.95. The largest absolute Gasteiger partial charge is 0.298 e. The van der Waals surface area contributed by atoms with Crippen LogP contribution in [0.3, 0.4) is 0 Å². The lowest BCUT2D eigenvalue weighted by Gasteiger charge is -1.94. The molecule has 0 bridgehead atoms. The van der Waals surface area contributed by atoms with Gasteiger partial charge in [-0.15, -0.1) is 0 Å². The fraction of sp³-hybridized carbons (Fsp3) is 0.600. The zero-order valence-corrected chi connectivity index (χ0v) is 4.18. The number of hydrogen-bond donors (Lipinski definition) is 1. The minimum absolute atomic E-state index is 0.708. The third-order valence-electron chi connectivity index (χ3n) is 0.861. The summed E-state index contributed by atoms with van der Waals surface area (Å²) in [4.78, 5) is 4.86. The first-order chi connectivity index (χ1) is 3.50. The van der Waals surface area contributed by atoms with Gasteiger partial charge in [0.2, 0.25) is 0 Å². The molecular formula is C5H9NO.